The van der Waals surface area contributed by atoms with Crippen molar-refractivity contribution in [2.75, 3.05) is 0 Å². The van der Waals surface area contributed by atoms with E-state index in [0.717, 1.165) is 56.4 Å². The van der Waals surface area contributed by atoms with Gasteiger partial charge in [-0.15, -0.1) is 0 Å². The first-order valence-corrected chi connectivity index (χ1v) is 14.2. The van der Waals surface area contributed by atoms with Crippen molar-refractivity contribution < 1.29 is 8.78 Å². The molecule has 1 heterocycles. The maximum atomic E-state index is 15.3. The van der Waals surface area contributed by atoms with Crippen LogP contribution < -0.4 is 0 Å². The van der Waals surface area contributed by atoms with Crippen LogP contribution in [0.3, 0.4) is 0 Å². The molecule has 0 bridgehead atoms. The van der Waals surface area contributed by atoms with Crippen molar-refractivity contribution in [1.82, 2.24) is 9.97 Å². The van der Waals surface area contributed by atoms with Crippen molar-refractivity contribution in [3.8, 4) is 0 Å². The summed E-state index contributed by atoms with van der Waals surface area (Å²) in [5, 5.41) is 0. The summed E-state index contributed by atoms with van der Waals surface area (Å²) in [5.41, 5.74) is 1.14. The lowest BCUT2D eigenvalue weighted by atomic mass is 9.67. The zero-order valence-corrected chi connectivity index (χ0v) is 21.3. The summed E-state index contributed by atoms with van der Waals surface area (Å²) in [5.74, 6) is -1.57. The van der Waals surface area contributed by atoms with E-state index in [4.69, 9.17) is 0 Å². The molecular formula is C29H48F2N2. The van der Waals surface area contributed by atoms with Crippen LogP contribution in [0.5, 0.6) is 0 Å². The smallest absolute Gasteiger partial charge is 0.241 e. The first-order valence-electron chi connectivity index (χ1n) is 14.2. The van der Waals surface area contributed by atoms with E-state index in [9.17, 15) is 0 Å². The molecule has 2 aliphatic carbocycles. The maximum Gasteiger partial charge on any atom is 0.251 e. The highest BCUT2D eigenvalue weighted by Crippen LogP contribution is 2.51. The number of unbranched alkanes of at least 4 members (excludes halogenated alkanes) is 7. The number of aryl methyl sites for hydroxylation is 1. The average Bonchev–Trinajstić information content (AvgIpc) is 2.82. The topological polar surface area (TPSA) is 25.8 Å². The predicted octanol–water partition coefficient (Wildman–Crippen LogP) is 9.29. The van der Waals surface area contributed by atoms with Crippen LogP contribution in [0.1, 0.15) is 140 Å². The van der Waals surface area contributed by atoms with Gasteiger partial charge in [-0.05, 0) is 55.9 Å². The highest BCUT2D eigenvalue weighted by molar-refractivity contribution is 5.10. The van der Waals surface area contributed by atoms with Gasteiger partial charge in [-0.2, -0.15) is 0 Å². The molecule has 0 amide bonds. The van der Waals surface area contributed by atoms with Crippen molar-refractivity contribution in [3.05, 3.63) is 23.8 Å². The van der Waals surface area contributed by atoms with E-state index in [1.165, 1.54) is 57.8 Å². The predicted molar refractivity (Wildman–Crippen MR) is 134 cm³/mol. The van der Waals surface area contributed by atoms with E-state index in [-0.39, 0.29) is 18.3 Å². The van der Waals surface area contributed by atoms with Crippen molar-refractivity contribution in [2.24, 2.45) is 17.8 Å². The fraction of sp³-hybridized carbons (Fsp3) is 0.862. The zero-order valence-electron chi connectivity index (χ0n) is 21.3. The lowest BCUT2D eigenvalue weighted by Crippen LogP contribution is -2.41. The van der Waals surface area contributed by atoms with E-state index >= 15 is 8.78 Å². The second-order valence-corrected chi connectivity index (χ2v) is 11.1. The van der Waals surface area contributed by atoms with Crippen molar-refractivity contribution >= 4 is 0 Å². The van der Waals surface area contributed by atoms with Crippen LogP contribution in [0.15, 0.2) is 12.4 Å². The Morgan fingerprint density at radius 2 is 1.42 bits per heavy atom. The fourth-order valence-electron chi connectivity index (χ4n) is 6.35. The van der Waals surface area contributed by atoms with Crippen LogP contribution in [0.2, 0.25) is 0 Å². The molecule has 4 heteroatoms. The van der Waals surface area contributed by atoms with E-state index in [0.29, 0.717) is 12.2 Å². The molecule has 0 radical (unpaired) electrons. The number of aromatic nitrogens is 2. The van der Waals surface area contributed by atoms with Gasteiger partial charge in [0.15, 0.2) is 0 Å². The molecule has 3 rings (SSSR count). The highest BCUT2D eigenvalue weighted by Gasteiger charge is 2.49. The number of nitrogens with zero attached hydrogens (tertiary/aromatic N) is 2. The first kappa shape index (κ1) is 26.5. The third-order valence-electron chi connectivity index (χ3n) is 8.47. The molecule has 1 aromatic rings. The Morgan fingerprint density at radius 3 is 2.09 bits per heavy atom. The Labute approximate surface area is 201 Å². The standard InChI is InChI=1S/C29H48F2N2/c1-3-5-7-8-9-11-13-24-21-32-28(33-22-24)26-18-19-27(29(30,31)20-26)25-16-14-23(15-17-25)12-10-6-4-2/h21-23,25-27H,3-20H2,1-2H3/t23?,25?,26-,27+/m0/s1. The summed E-state index contributed by atoms with van der Waals surface area (Å²) < 4.78 is 30.5. The SMILES string of the molecule is CCCCCCCCc1cnc([C@H]2CC[C@H](C3CCC(CCCCC)CC3)C(F)(F)C2)nc1. The van der Waals surface area contributed by atoms with E-state index in [2.05, 4.69) is 23.8 Å². The zero-order chi connectivity index (χ0) is 23.5. The van der Waals surface area contributed by atoms with Crippen LogP contribution in [0.25, 0.3) is 0 Å². The molecule has 2 fully saturated rings. The molecule has 2 atom stereocenters. The molecule has 33 heavy (non-hydrogen) atoms. The number of halogens is 2. The van der Waals surface area contributed by atoms with Gasteiger partial charge < -0.3 is 0 Å². The minimum absolute atomic E-state index is 0.0646. The minimum atomic E-state index is -2.58. The Hall–Kier alpha value is -1.06. The van der Waals surface area contributed by atoms with Crippen LogP contribution in [0, 0.1) is 17.8 Å². The lowest BCUT2D eigenvalue weighted by molar-refractivity contribution is -0.119. The van der Waals surface area contributed by atoms with Gasteiger partial charge in [-0.25, -0.2) is 18.7 Å². The Morgan fingerprint density at radius 1 is 0.788 bits per heavy atom. The Kier molecular flexibility index (Phi) is 11.0. The first-order chi connectivity index (χ1) is 16.0. The van der Waals surface area contributed by atoms with Gasteiger partial charge in [-0.3, -0.25) is 0 Å². The number of hydrogen-bond donors (Lipinski definition) is 0. The van der Waals surface area contributed by atoms with Crippen LogP contribution in [-0.4, -0.2) is 15.9 Å². The minimum Gasteiger partial charge on any atom is -0.241 e. The monoisotopic (exact) mass is 462 g/mol. The van der Waals surface area contributed by atoms with E-state index in [1.54, 1.807) is 0 Å². The quantitative estimate of drug-likeness (QED) is 0.273. The lowest BCUT2D eigenvalue weighted by Gasteiger charge is -2.42. The van der Waals surface area contributed by atoms with E-state index in [1.807, 2.05) is 12.4 Å². The van der Waals surface area contributed by atoms with Gasteiger partial charge in [0.2, 0.25) is 0 Å². The third kappa shape index (κ3) is 8.28. The van der Waals surface area contributed by atoms with Gasteiger partial charge in [0.05, 0.1) is 0 Å². The average molecular weight is 463 g/mol. The fourth-order valence-corrected chi connectivity index (χ4v) is 6.35. The molecule has 0 saturated heterocycles. The van der Waals surface area contributed by atoms with Crippen molar-refractivity contribution in [3.63, 3.8) is 0 Å². The summed E-state index contributed by atoms with van der Waals surface area (Å²) >= 11 is 0. The molecule has 2 nitrogen and oxygen atoms in total. The normalized spacial score (nSPS) is 27.5. The number of alkyl halides is 2. The molecule has 0 aromatic carbocycles. The molecule has 0 aliphatic heterocycles. The molecule has 1 aromatic heterocycles. The number of rotatable bonds is 13. The molecule has 0 N–H and O–H groups in total. The Bertz CT molecular complexity index is 652. The second-order valence-electron chi connectivity index (χ2n) is 11.1. The van der Waals surface area contributed by atoms with Gasteiger partial charge in [0.1, 0.15) is 5.82 Å². The summed E-state index contributed by atoms with van der Waals surface area (Å²) in [7, 11) is 0. The summed E-state index contributed by atoms with van der Waals surface area (Å²) in [4.78, 5) is 9.07. The molecule has 0 unspecified atom stereocenters. The van der Waals surface area contributed by atoms with Gasteiger partial charge in [0.25, 0.3) is 5.92 Å². The van der Waals surface area contributed by atoms with Gasteiger partial charge >= 0.3 is 0 Å². The molecular weight excluding hydrogens is 414 g/mol. The van der Waals surface area contributed by atoms with Crippen LogP contribution in [0.4, 0.5) is 8.78 Å². The third-order valence-corrected chi connectivity index (χ3v) is 8.47. The highest BCUT2D eigenvalue weighted by atomic mass is 19.3. The largest absolute Gasteiger partial charge is 0.251 e. The van der Waals surface area contributed by atoms with E-state index < -0.39 is 11.8 Å². The molecule has 2 aliphatic rings. The van der Waals surface area contributed by atoms with Gasteiger partial charge in [0, 0.05) is 30.7 Å². The van der Waals surface area contributed by atoms with Crippen molar-refractivity contribution in [2.45, 2.75) is 141 Å². The molecule has 0 spiro atoms. The summed E-state index contributed by atoms with van der Waals surface area (Å²) in [6.07, 6.45) is 23.3. The number of hydrogen-bond acceptors (Lipinski definition) is 2. The summed E-state index contributed by atoms with van der Waals surface area (Å²) in [6.45, 7) is 4.48. The van der Waals surface area contributed by atoms with Crippen molar-refractivity contribution in [1.29, 1.82) is 0 Å². The molecule has 2 saturated carbocycles. The summed E-state index contributed by atoms with van der Waals surface area (Å²) in [6, 6.07) is 0. The second kappa shape index (κ2) is 13.7. The Balaban J connectivity index is 1.43. The maximum absolute atomic E-state index is 15.3. The molecule has 188 valence electrons. The van der Waals surface area contributed by atoms with Crippen LogP contribution in [-0.2, 0) is 6.42 Å². The van der Waals surface area contributed by atoms with Crippen LogP contribution >= 0.6 is 0 Å². The van der Waals surface area contributed by atoms with Gasteiger partial charge in [-0.1, -0.05) is 84.5 Å².